The van der Waals surface area contributed by atoms with Crippen LogP contribution in [0.1, 0.15) is 69.9 Å². The highest BCUT2D eigenvalue weighted by atomic mass is 35.5. The van der Waals surface area contributed by atoms with Crippen LogP contribution in [0.25, 0.3) is 0 Å². The van der Waals surface area contributed by atoms with Crippen LogP contribution in [0.5, 0.6) is 5.75 Å². The Hall–Kier alpha value is -1.22. The van der Waals surface area contributed by atoms with Gasteiger partial charge in [0.1, 0.15) is 5.75 Å². The number of carboxylic acids is 1. The van der Waals surface area contributed by atoms with Crippen LogP contribution in [0.2, 0.25) is 5.02 Å². The minimum Gasteiger partial charge on any atom is -0.493 e. The van der Waals surface area contributed by atoms with Crippen LogP contribution in [-0.2, 0) is 4.79 Å². The molecule has 0 aliphatic carbocycles. The summed E-state index contributed by atoms with van der Waals surface area (Å²) in [6, 6.07) is 3.78. The highest BCUT2D eigenvalue weighted by Gasteiger charge is 2.23. The van der Waals surface area contributed by atoms with Gasteiger partial charge in [-0.2, -0.15) is 0 Å². The maximum absolute atomic E-state index is 11.2. The standard InChI is InChI=1S/C17H25ClO3/c1-5-7-12(8-16(19)20)15-10-13(18)9-14(11(3)4)17(15)21-6-2/h9-12H,5-8H2,1-4H3,(H,19,20). The molecule has 0 aliphatic rings. The molecule has 0 aromatic heterocycles. The van der Waals surface area contributed by atoms with Crippen molar-refractivity contribution in [3.05, 3.63) is 28.3 Å². The zero-order valence-electron chi connectivity index (χ0n) is 13.3. The second kappa shape index (κ2) is 8.28. The molecule has 21 heavy (non-hydrogen) atoms. The third-order valence-corrected chi connectivity index (χ3v) is 3.74. The average Bonchev–Trinajstić information content (AvgIpc) is 2.39. The molecule has 0 heterocycles. The first-order valence-corrected chi connectivity index (χ1v) is 7.96. The lowest BCUT2D eigenvalue weighted by Gasteiger charge is -2.23. The van der Waals surface area contributed by atoms with Gasteiger partial charge < -0.3 is 9.84 Å². The zero-order valence-corrected chi connectivity index (χ0v) is 14.0. The molecule has 0 saturated carbocycles. The normalized spacial score (nSPS) is 12.5. The summed E-state index contributed by atoms with van der Waals surface area (Å²) in [7, 11) is 0. The minimum absolute atomic E-state index is 0.0646. The first-order valence-electron chi connectivity index (χ1n) is 7.58. The molecule has 0 fully saturated rings. The van der Waals surface area contributed by atoms with Crippen LogP contribution in [0, 0.1) is 0 Å². The van der Waals surface area contributed by atoms with Crippen LogP contribution in [0.4, 0.5) is 0 Å². The van der Waals surface area contributed by atoms with Crippen LogP contribution < -0.4 is 4.74 Å². The fourth-order valence-corrected chi connectivity index (χ4v) is 2.84. The molecule has 1 aromatic rings. The molecular formula is C17H25ClO3. The van der Waals surface area contributed by atoms with Crippen molar-refractivity contribution in [2.45, 2.75) is 58.8 Å². The summed E-state index contributed by atoms with van der Waals surface area (Å²) in [4.78, 5) is 11.2. The van der Waals surface area contributed by atoms with Gasteiger partial charge in [0.05, 0.1) is 13.0 Å². The maximum Gasteiger partial charge on any atom is 0.303 e. The van der Waals surface area contributed by atoms with Gasteiger partial charge in [-0.25, -0.2) is 0 Å². The van der Waals surface area contributed by atoms with E-state index in [4.69, 9.17) is 21.4 Å². The van der Waals surface area contributed by atoms with Crippen molar-refractivity contribution in [1.82, 2.24) is 0 Å². The second-order valence-electron chi connectivity index (χ2n) is 5.58. The number of benzene rings is 1. The third-order valence-electron chi connectivity index (χ3n) is 3.52. The summed E-state index contributed by atoms with van der Waals surface area (Å²) in [6.07, 6.45) is 1.84. The number of hydrogen-bond donors (Lipinski definition) is 1. The van der Waals surface area contributed by atoms with Gasteiger partial charge in [-0.05, 0) is 48.4 Å². The fourth-order valence-electron chi connectivity index (χ4n) is 2.61. The summed E-state index contributed by atoms with van der Waals surface area (Å²) < 4.78 is 5.84. The van der Waals surface area contributed by atoms with Crippen LogP contribution in [-0.4, -0.2) is 17.7 Å². The van der Waals surface area contributed by atoms with Gasteiger partial charge in [-0.1, -0.05) is 38.8 Å². The molecule has 1 aromatic carbocycles. The molecule has 1 N–H and O–H groups in total. The van der Waals surface area contributed by atoms with E-state index in [2.05, 4.69) is 20.8 Å². The van der Waals surface area contributed by atoms with Crippen molar-refractivity contribution in [2.75, 3.05) is 6.61 Å². The summed E-state index contributed by atoms with van der Waals surface area (Å²) in [5.74, 6) is 0.236. The van der Waals surface area contributed by atoms with Gasteiger partial charge in [-0.15, -0.1) is 0 Å². The molecule has 0 radical (unpaired) electrons. The number of hydrogen-bond acceptors (Lipinski definition) is 2. The SMILES string of the molecule is CCCC(CC(=O)O)c1cc(Cl)cc(C(C)C)c1OCC. The first kappa shape index (κ1) is 17.8. The van der Waals surface area contributed by atoms with Gasteiger partial charge in [0.25, 0.3) is 0 Å². The van der Waals surface area contributed by atoms with Crippen molar-refractivity contribution < 1.29 is 14.6 Å². The van der Waals surface area contributed by atoms with E-state index in [1.54, 1.807) is 0 Å². The summed E-state index contributed by atoms with van der Waals surface area (Å²) >= 11 is 6.24. The number of carboxylic acid groups (broad SMARTS) is 1. The molecule has 1 unspecified atom stereocenters. The number of ether oxygens (including phenoxy) is 1. The van der Waals surface area contributed by atoms with Crippen molar-refractivity contribution in [2.24, 2.45) is 0 Å². The molecule has 0 spiro atoms. The third kappa shape index (κ3) is 4.92. The molecule has 0 bridgehead atoms. The average molecular weight is 313 g/mol. The number of aliphatic carboxylic acids is 1. The van der Waals surface area contributed by atoms with E-state index in [0.29, 0.717) is 11.6 Å². The summed E-state index contributed by atoms with van der Waals surface area (Å²) in [6.45, 7) is 8.73. The molecule has 0 saturated heterocycles. The van der Waals surface area contributed by atoms with E-state index in [-0.39, 0.29) is 18.3 Å². The topological polar surface area (TPSA) is 46.5 Å². The van der Waals surface area contributed by atoms with Gasteiger partial charge in [0.15, 0.2) is 0 Å². The van der Waals surface area contributed by atoms with E-state index in [0.717, 1.165) is 29.7 Å². The fraction of sp³-hybridized carbons (Fsp3) is 0.588. The molecule has 118 valence electrons. The smallest absolute Gasteiger partial charge is 0.303 e. The van der Waals surface area contributed by atoms with E-state index in [1.165, 1.54) is 0 Å². The van der Waals surface area contributed by atoms with Crippen LogP contribution in [0.3, 0.4) is 0 Å². The lowest BCUT2D eigenvalue weighted by Crippen LogP contribution is -2.10. The molecule has 0 aliphatic heterocycles. The molecule has 4 heteroatoms. The van der Waals surface area contributed by atoms with Crippen molar-refractivity contribution in [1.29, 1.82) is 0 Å². The molecule has 1 atom stereocenters. The number of halogens is 1. The molecule has 3 nitrogen and oxygen atoms in total. The Morgan fingerprint density at radius 1 is 1.29 bits per heavy atom. The predicted octanol–water partition coefficient (Wildman–Crippen LogP) is 5.22. The van der Waals surface area contributed by atoms with E-state index < -0.39 is 5.97 Å². The van der Waals surface area contributed by atoms with Crippen molar-refractivity contribution >= 4 is 17.6 Å². The Morgan fingerprint density at radius 2 is 1.90 bits per heavy atom. The second-order valence-corrected chi connectivity index (χ2v) is 6.02. The van der Waals surface area contributed by atoms with E-state index >= 15 is 0 Å². The highest BCUT2D eigenvalue weighted by Crippen LogP contribution is 2.40. The Morgan fingerprint density at radius 3 is 2.38 bits per heavy atom. The van der Waals surface area contributed by atoms with Gasteiger partial charge in [0, 0.05) is 5.02 Å². The Balaban J connectivity index is 3.37. The number of carbonyl (C=O) groups is 1. The predicted molar refractivity (Wildman–Crippen MR) is 86.6 cm³/mol. The quantitative estimate of drug-likeness (QED) is 0.715. The highest BCUT2D eigenvalue weighted by molar-refractivity contribution is 6.30. The largest absolute Gasteiger partial charge is 0.493 e. The molecule has 0 amide bonds. The van der Waals surface area contributed by atoms with Gasteiger partial charge in [-0.3, -0.25) is 4.79 Å². The summed E-state index contributed by atoms with van der Waals surface area (Å²) in [5, 5.41) is 9.81. The maximum atomic E-state index is 11.2. The van der Waals surface area contributed by atoms with E-state index in [1.807, 2.05) is 19.1 Å². The van der Waals surface area contributed by atoms with Crippen molar-refractivity contribution in [3.8, 4) is 5.75 Å². The summed E-state index contributed by atoms with van der Waals surface area (Å²) in [5.41, 5.74) is 1.98. The monoisotopic (exact) mass is 312 g/mol. The molecular weight excluding hydrogens is 288 g/mol. The van der Waals surface area contributed by atoms with E-state index in [9.17, 15) is 4.79 Å². The Bertz CT molecular complexity index is 483. The van der Waals surface area contributed by atoms with Crippen molar-refractivity contribution in [3.63, 3.8) is 0 Å². The first-order chi connectivity index (χ1) is 9.90. The number of rotatable bonds is 8. The van der Waals surface area contributed by atoms with Crippen LogP contribution >= 0.6 is 11.6 Å². The Labute approximate surface area is 132 Å². The minimum atomic E-state index is -0.790. The molecule has 1 rings (SSSR count). The van der Waals surface area contributed by atoms with Gasteiger partial charge in [0.2, 0.25) is 0 Å². The Kier molecular flexibility index (Phi) is 7.03. The lowest BCUT2D eigenvalue weighted by atomic mass is 9.87. The van der Waals surface area contributed by atoms with Gasteiger partial charge >= 0.3 is 5.97 Å². The lowest BCUT2D eigenvalue weighted by molar-refractivity contribution is -0.137. The zero-order chi connectivity index (χ0) is 16.0. The van der Waals surface area contributed by atoms with Crippen LogP contribution in [0.15, 0.2) is 12.1 Å².